The minimum atomic E-state index is -2.28. The minimum absolute atomic E-state index is 0.242. The van der Waals surface area contributed by atoms with Crippen molar-refractivity contribution in [1.82, 2.24) is 0 Å². The summed E-state index contributed by atoms with van der Waals surface area (Å²) in [6.07, 6.45) is 0. The first-order valence-corrected chi connectivity index (χ1v) is 8.08. The summed E-state index contributed by atoms with van der Waals surface area (Å²) in [5.41, 5.74) is -1.26. The molecule has 0 N–H and O–H groups in total. The molecule has 0 saturated heterocycles. The quantitative estimate of drug-likeness (QED) is 0.133. The highest BCUT2D eigenvalue weighted by Gasteiger charge is 2.31. The number of hydrogen-bond acceptors (Lipinski definition) is 2. The molecule has 2 rings (SSSR count). The average Bonchev–Trinajstić information content (AvgIpc) is 2.58. The molecule has 0 aliphatic heterocycles. The van der Waals surface area contributed by atoms with Crippen LogP contribution in [0.15, 0.2) is 29.4 Å². The van der Waals surface area contributed by atoms with Crippen LogP contribution in [-0.4, -0.2) is 9.50 Å². The Morgan fingerprint density at radius 2 is 1.31 bits per heavy atom. The summed E-state index contributed by atoms with van der Waals surface area (Å²) in [4.78, 5) is 4.67. The Kier molecular flexibility index (Phi) is 6.60. The maximum atomic E-state index is 13.6. The Morgan fingerprint density at radius 1 is 0.846 bits per heavy atom. The van der Waals surface area contributed by atoms with E-state index in [2.05, 4.69) is 9.99 Å². The van der Waals surface area contributed by atoms with Gasteiger partial charge in [0.05, 0.1) is 5.56 Å². The number of hydrogen-bond donors (Lipinski definition) is 0. The number of alkyl halides is 3. The van der Waals surface area contributed by atoms with Gasteiger partial charge in [0.1, 0.15) is 12.3 Å². The smallest absolute Gasteiger partial charge is 0.236 e. The van der Waals surface area contributed by atoms with E-state index in [-0.39, 0.29) is 11.3 Å². The second-order valence-corrected chi connectivity index (χ2v) is 7.48. The molecule has 26 heavy (non-hydrogen) atoms. The van der Waals surface area contributed by atoms with Crippen LogP contribution in [0.25, 0.3) is 0 Å². The monoisotopic (exact) mass is 451 g/mol. The zero-order valence-corrected chi connectivity index (χ0v) is 15.3. The molecule has 0 heterocycles. The highest BCUT2D eigenvalue weighted by atomic mass is 35.6. The van der Waals surface area contributed by atoms with Crippen molar-refractivity contribution in [1.29, 1.82) is 0 Å². The first-order chi connectivity index (χ1) is 12.0. The number of oxime groups is 1. The van der Waals surface area contributed by atoms with Crippen molar-refractivity contribution >= 4 is 52.1 Å². The second kappa shape index (κ2) is 8.17. The van der Waals surface area contributed by atoms with Gasteiger partial charge >= 0.3 is 0 Å². The average molecular weight is 453 g/mol. The van der Waals surface area contributed by atoms with Crippen LogP contribution in [0.4, 0.5) is 22.0 Å². The molecule has 0 aliphatic rings. The van der Waals surface area contributed by atoms with Gasteiger partial charge < -0.3 is 4.84 Å². The maximum Gasteiger partial charge on any atom is 0.236 e. The van der Waals surface area contributed by atoms with Crippen LogP contribution in [0.3, 0.4) is 0 Å². The Balaban J connectivity index is 2.34. The molecule has 0 aromatic heterocycles. The van der Waals surface area contributed by atoms with E-state index in [0.29, 0.717) is 5.02 Å². The van der Waals surface area contributed by atoms with Crippen molar-refractivity contribution in [3.63, 3.8) is 0 Å². The highest BCUT2D eigenvalue weighted by Crippen LogP contribution is 2.32. The first-order valence-electron chi connectivity index (χ1n) is 6.57. The van der Waals surface area contributed by atoms with Crippen molar-refractivity contribution < 1.29 is 26.8 Å². The number of benzene rings is 2. The molecule has 0 radical (unpaired) electrons. The summed E-state index contributed by atoms with van der Waals surface area (Å²) in [7, 11) is 0. The van der Waals surface area contributed by atoms with Crippen molar-refractivity contribution in [2.24, 2.45) is 5.16 Å². The van der Waals surface area contributed by atoms with Crippen LogP contribution in [0.1, 0.15) is 11.1 Å². The summed E-state index contributed by atoms with van der Waals surface area (Å²) in [5.74, 6) is -10.6. The normalized spacial score (nSPS) is 12.4. The van der Waals surface area contributed by atoms with Crippen LogP contribution < -0.4 is 0 Å². The molecule has 0 bridgehead atoms. The summed E-state index contributed by atoms with van der Waals surface area (Å²) in [5, 5.41) is 3.83. The molecule has 0 saturated carbocycles. The number of rotatable bonds is 4. The van der Waals surface area contributed by atoms with Gasteiger partial charge in [-0.05, 0) is 12.1 Å². The predicted molar refractivity (Wildman–Crippen MR) is 89.3 cm³/mol. The van der Waals surface area contributed by atoms with E-state index in [1.807, 2.05) is 0 Å². The summed E-state index contributed by atoms with van der Waals surface area (Å²) in [6, 6.07) is 5.75. The van der Waals surface area contributed by atoms with Crippen molar-refractivity contribution in [3.05, 3.63) is 69.5 Å². The van der Waals surface area contributed by atoms with Gasteiger partial charge in [0.2, 0.25) is 9.61 Å². The largest absolute Gasteiger partial charge is 0.390 e. The van der Waals surface area contributed by atoms with Crippen LogP contribution in [0.2, 0.25) is 5.02 Å². The summed E-state index contributed by atoms with van der Waals surface area (Å²) < 4.78 is 64.4. The van der Waals surface area contributed by atoms with Gasteiger partial charge in [0.25, 0.3) is 0 Å². The molecule has 0 amide bonds. The van der Waals surface area contributed by atoms with Gasteiger partial charge in [-0.2, -0.15) is 0 Å². The van der Waals surface area contributed by atoms with Crippen LogP contribution in [-0.2, 0) is 11.4 Å². The summed E-state index contributed by atoms with van der Waals surface area (Å²) >= 11 is 23.0. The van der Waals surface area contributed by atoms with Gasteiger partial charge in [0, 0.05) is 10.6 Å². The topological polar surface area (TPSA) is 21.6 Å². The predicted octanol–water partition coefficient (Wildman–Crippen LogP) is 6.33. The Labute approximate surface area is 164 Å². The molecule has 0 aliphatic carbocycles. The van der Waals surface area contributed by atoms with Gasteiger partial charge in [0.15, 0.2) is 23.3 Å². The van der Waals surface area contributed by atoms with Gasteiger partial charge in [-0.1, -0.05) is 63.7 Å². The zero-order chi connectivity index (χ0) is 19.6. The standard InChI is InChI=1S/C15H6Cl4F5NO/c16-7-3-1-6(2-4-7)14(15(17,18)19)25-26-5-8-9(20)11(22)13(24)12(23)10(8)21/h1-4H,5H2. The third kappa shape index (κ3) is 4.52. The third-order valence-electron chi connectivity index (χ3n) is 3.05. The Hall–Kier alpha value is -1.28. The molecule has 2 aromatic carbocycles. The Morgan fingerprint density at radius 3 is 1.77 bits per heavy atom. The molecular weight excluding hydrogens is 447 g/mol. The Bertz CT molecular complexity index is 824. The van der Waals surface area contributed by atoms with Crippen LogP contribution >= 0.6 is 46.4 Å². The molecule has 2 aromatic rings. The molecule has 11 heteroatoms. The lowest BCUT2D eigenvalue weighted by atomic mass is 10.1. The van der Waals surface area contributed by atoms with Gasteiger partial charge in [-0.25, -0.2) is 22.0 Å². The molecule has 0 atom stereocenters. The van der Waals surface area contributed by atoms with Crippen molar-refractivity contribution in [2.45, 2.75) is 10.4 Å². The molecule has 0 unspecified atom stereocenters. The number of nitrogens with zero attached hydrogens (tertiary/aromatic N) is 1. The number of halogens is 9. The van der Waals surface area contributed by atoms with E-state index in [1.54, 1.807) is 0 Å². The summed E-state index contributed by atoms with van der Waals surface area (Å²) in [6.45, 7) is -1.09. The SMILES string of the molecule is Fc1c(F)c(F)c(CON=C(c2ccc(Cl)cc2)C(Cl)(Cl)Cl)c(F)c1F. The molecule has 140 valence electrons. The van der Waals surface area contributed by atoms with E-state index < -0.39 is 45.0 Å². The third-order valence-corrected chi connectivity index (χ3v) is 3.84. The van der Waals surface area contributed by atoms with E-state index in [1.165, 1.54) is 24.3 Å². The fourth-order valence-electron chi connectivity index (χ4n) is 1.81. The van der Waals surface area contributed by atoms with E-state index >= 15 is 0 Å². The van der Waals surface area contributed by atoms with Crippen LogP contribution in [0, 0.1) is 29.1 Å². The molecule has 2 nitrogen and oxygen atoms in total. The van der Waals surface area contributed by atoms with Crippen molar-refractivity contribution in [3.8, 4) is 0 Å². The van der Waals surface area contributed by atoms with Gasteiger partial charge in [-0.3, -0.25) is 0 Å². The maximum absolute atomic E-state index is 13.6. The molecular formula is C15H6Cl4F5NO. The molecule has 0 fully saturated rings. The van der Waals surface area contributed by atoms with Crippen LogP contribution in [0.5, 0.6) is 0 Å². The zero-order valence-electron chi connectivity index (χ0n) is 12.3. The van der Waals surface area contributed by atoms with E-state index in [4.69, 9.17) is 46.4 Å². The van der Waals surface area contributed by atoms with E-state index in [9.17, 15) is 22.0 Å². The minimum Gasteiger partial charge on any atom is -0.390 e. The first kappa shape index (κ1) is 21.0. The second-order valence-electron chi connectivity index (χ2n) is 4.77. The molecule has 0 spiro atoms. The lowest BCUT2D eigenvalue weighted by Gasteiger charge is -2.15. The lowest BCUT2D eigenvalue weighted by Crippen LogP contribution is -2.21. The fraction of sp³-hybridized carbons (Fsp3) is 0.133. The highest BCUT2D eigenvalue weighted by molar-refractivity contribution is 6.77. The lowest BCUT2D eigenvalue weighted by molar-refractivity contribution is 0.122. The van der Waals surface area contributed by atoms with Crippen molar-refractivity contribution in [2.75, 3.05) is 0 Å². The van der Waals surface area contributed by atoms with Gasteiger partial charge in [-0.15, -0.1) is 0 Å². The van der Waals surface area contributed by atoms with E-state index in [0.717, 1.165) is 0 Å². The fourth-order valence-corrected chi connectivity index (χ4v) is 2.37.